The van der Waals surface area contributed by atoms with Crippen LogP contribution in [0.25, 0.3) is 16.9 Å². The third kappa shape index (κ3) is 3.44. The van der Waals surface area contributed by atoms with Crippen molar-refractivity contribution in [1.82, 2.24) is 9.38 Å². The SMILES string of the molecule is CCc1ccc(C(=O)Nc2c(-c3ccc(Cl)cc3)nc3ccccn23)cc1. The number of nitrogens with one attached hydrogen (secondary N) is 1. The van der Waals surface area contributed by atoms with Crippen LogP contribution < -0.4 is 5.32 Å². The van der Waals surface area contributed by atoms with Crippen molar-refractivity contribution in [2.45, 2.75) is 13.3 Å². The quantitative estimate of drug-likeness (QED) is 0.514. The first-order valence-electron chi connectivity index (χ1n) is 8.79. The van der Waals surface area contributed by atoms with E-state index in [0.717, 1.165) is 17.6 Å². The van der Waals surface area contributed by atoms with Crippen molar-refractivity contribution in [2.75, 3.05) is 5.32 Å². The van der Waals surface area contributed by atoms with Gasteiger partial charge < -0.3 is 5.32 Å². The number of carbonyl (C=O) groups excluding carboxylic acids is 1. The molecule has 0 aliphatic carbocycles. The Morgan fingerprint density at radius 3 is 2.48 bits per heavy atom. The first kappa shape index (κ1) is 17.3. The van der Waals surface area contributed by atoms with E-state index >= 15 is 0 Å². The van der Waals surface area contributed by atoms with Crippen molar-refractivity contribution < 1.29 is 4.79 Å². The van der Waals surface area contributed by atoms with E-state index in [1.807, 2.05) is 77.3 Å². The summed E-state index contributed by atoms with van der Waals surface area (Å²) in [6.45, 7) is 2.09. The zero-order chi connectivity index (χ0) is 18.8. The van der Waals surface area contributed by atoms with Crippen molar-refractivity contribution in [1.29, 1.82) is 0 Å². The van der Waals surface area contributed by atoms with Crippen LogP contribution in [0.1, 0.15) is 22.8 Å². The second-order valence-electron chi connectivity index (χ2n) is 6.25. The number of hydrogen-bond donors (Lipinski definition) is 1. The molecule has 4 nitrogen and oxygen atoms in total. The van der Waals surface area contributed by atoms with Gasteiger partial charge in [-0.1, -0.05) is 48.9 Å². The molecule has 2 aromatic heterocycles. The van der Waals surface area contributed by atoms with Crippen LogP contribution in [0.3, 0.4) is 0 Å². The van der Waals surface area contributed by atoms with Crippen LogP contribution >= 0.6 is 11.6 Å². The maximum Gasteiger partial charge on any atom is 0.256 e. The third-order valence-electron chi connectivity index (χ3n) is 4.50. The highest BCUT2D eigenvalue weighted by atomic mass is 35.5. The summed E-state index contributed by atoms with van der Waals surface area (Å²) >= 11 is 6.01. The summed E-state index contributed by atoms with van der Waals surface area (Å²) in [5, 5.41) is 3.69. The van der Waals surface area contributed by atoms with Crippen LogP contribution in [0, 0.1) is 0 Å². The van der Waals surface area contributed by atoms with Gasteiger partial charge in [-0.3, -0.25) is 9.20 Å². The molecule has 0 radical (unpaired) electrons. The molecule has 1 N–H and O–H groups in total. The number of amides is 1. The van der Waals surface area contributed by atoms with Gasteiger partial charge in [0.25, 0.3) is 5.91 Å². The van der Waals surface area contributed by atoms with Gasteiger partial charge in [-0.05, 0) is 48.4 Å². The summed E-state index contributed by atoms with van der Waals surface area (Å²) in [5.74, 6) is 0.469. The topological polar surface area (TPSA) is 46.4 Å². The maximum absolute atomic E-state index is 12.8. The van der Waals surface area contributed by atoms with E-state index < -0.39 is 0 Å². The fourth-order valence-corrected chi connectivity index (χ4v) is 3.12. The molecular formula is C22H18ClN3O. The summed E-state index contributed by atoms with van der Waals surface area (Å²) in [6, 6.07) is 20.8. The lowest BCUT2D eigenvalue weighted by atomic mass is 10.1. The Bertz CT molecular complexity index is 1100. The molecule has 134 valence electrons. The average molecular weight is 376 g/mol. The molecular weight excluding hydrogens is 358 g/mol. The predicted molar refractivity (Wildman–Crippen MR) is 109 cm³/mol. The minimum absolute atomic E-state index is 0.168. The normalized spacial score (nSPS) is 10.9. The molecule has 0 spiro atoms. The maximum atomic E-state index is 12.8. The minimum Gasteiger partial charge on any atom is -0.306 e. The summed E-state index contributed by atoms with van der Waals surface area (Å²) in [4.78, 5) is 17.5. The number of hydrogen-bond acceptors (Lipinski definition) is 2. The molecule has 0 saturated heterocycles. The average Bonchev–Trinajstić information content (AvgIpc) is 3.07. The first-order chi connectivity index (χ1) is 13.2. The number of nitrogens with zero attached hydrogens (tertiary/aromatic N) is 2. The molecule has 0 fully saturated rings. The van der Waals surface area contributed by atoms with Gasteiger partial charge in [0.1, 0.15) is 17.2 Å². The molecule has 0 atom stereocenters. The molecule has 0 saturated carbocycles. The van der Waals surface area contributed by atoms with Crippen molar-refractivity contribution in [3.8, 4) is 11.3 Å². The highest BCUT2D eigenvalue weighted by Gasteiger charge is 2.17. The predicted octanol–water partition coefficient (Wildman–Crippen LogP) is 5.47. The number of pyridine rings is 1. The van der Waals surface area contributed by atoms with E-state index in [1.54, 1.807) is 0 Å². The number of imidazole rings is 1. The van der Waals surface area contributed by atoms with Crippen molar-refractivity contribution in [2.24, 2.45) is 0 Å². The van der Waals surface area contributed by atoms with Crippen LogP contribution in [0.4, 0.5) is 5.82 Å². The zero-order valence-electron chi connectivity index (χ0n) is 14.8. The number of anilines is 1. The molecule has 27 heavy (non-hydrogen) atoms. The van der Waals surface area contributed by atoms with E-state index in [9.17, 15) is 4.79 Å². The molecule has 2 heterocycles. The zero-order valence-corrected chi connectivity index (χ0v) is 15.6. The number of benzene rings is 2. The Hall–Kier alpha value is -3.11. The Morgan fingerprint density at radius 2 is 1.78 bits per heavy atom. The Balaban J connectivity index is 1.76. The van der Waals surface area contributed by atoms with E-state index in [1.165, 1.54) is 5.56 Å². The Kier molecular flexibility index (Phi) is 4.65. The second kappa shape index (κ2) is 7.25. The van der Waals surface area contributed by atoms with Gasteiger partial charge in [-0.15, -0.1) is 0 Å². The standard InChI is InChI=1S/C22H18ClN3O/c1-2-15-6-8-17(9-7-15)22(27)25-21-20(16-10-12-18(23)13-11-16)24-19-5-3-4-14-26(19)21/h3-14H,2H2,1H3,(H,25,27). The second-order valence-corrected chi connectivity index (χ2v) is 6.69. The first-order valence-corrected chi connectivity index (χ1v) is 9.17. The molecule has 4 aromatic rings. The molecule has 4 rings (SSSR count). The lowest BCUT2D eigenvalue weighted by Crippen LogP contribution is -2.14. The van der Waals surface area contributed by atoms with Gasteiger partial charge in [0.05, 0.1) is 0 Å². The molecule has 2 aromatic carbocycles. The number of fused-ring (bicyclic) bond motifs is 1. The summed E-state index contributed by atoms with van der Waals surface area (Å²) in [7, 11) is 0. The molecule has 0 aliphatic rings. The van der Waals surface area contributed by atoms with Crippen molar-refractivity contribution in [3.05, 3.63) is 89.1 Å². The van der Waals surface area contributed by atoms with Crippen LogP contribution in [0.15, 0.2) is 72.9 Å². The monoisotopic (exact) mass is 375 g/mol. The van der Waals surface area contributed by atoms with Crippen LogP contribution in [-0.2, 0) is 6.42 Å². The number of aromatic nitrogens is 2. The van der Waals surface area contributed by atoms with Crippen molar-refractivity contribution >= 4 is 29.0 Å². The molecule has 5 heteroatoms. The smallest absolute Gasteiger partial charge is 0.256 e. The van der Waals surface area contributed by atoms with Gasteiger partial charge >= 0.3 is 0 Å². The number of aryl methyl sites for hydroxylation is 1. The molecule has 0 unspecified atom stereocenters. The highest BCUT2D eigenvalue weighted by molar-refractivity contribution is 6.30. The van der Waals surface area contributed by atoms with E-state index in [0.29, 0.717) is 22.1 Å². The number of halogens is 1. The lowest BCUT2D eigenvalue weighted by Gasteiger charge is -2.08. The summed E-state index contributed by atoms with van der Waals surface area (Å²) < 4.78 is 1.88. The highest BCUT2D eigenvalue weighted by Crippen LogP contribution is 2.30. The summed E-state index contributed by atoms with van der Waals surface area (Å²) in [5.41, 5.74) is 4.17. The van der Waals surface area contributed by atoms with Gasteiger partial charge in [0.2, 0.25) is 0 Å². The fourth-order valence-electron chi connectivity index (χ4n) is 3.00. The van der Waals surface area contributed by atoms with E-state index in [-0.39, 0.29) is 5.91 Å². The molecule has 1 amide bonds. The van der Waals surface area contributed by atoms with Gasteiger partial charge in [0, 0.05) is 22.3 Å². The van der Waals surface area contributed by atoms with E-state index in [2.05, 4.69) is 12.2 Å². The van der Waals surface area contributed by atoms with Crippen LogP contribution in [0.5, 0.6) is 0 Å². The molecule has 0 aliphatic heterocycles. The van der Waals surface area contributed by atoms with Gasteiger partial charge in [-0.25, -0.2) is 4.98 Å². The van der Waals surface area contributed by atoms with Gasteiger partial charge in [-0.2, -0.15) is 0 Å². The Labute approximate surface area is 162 Å². The van der Waals surface area contributed by atoms with Crippen molar-refractivity contribution in [3.63, 3.8) is 0 Å². The number of rotatable bonds is 4. The number of carbonyl (C=O) groups is 1. The molecule has 0 bridgehead atoms. The van der Waals surface area contributed by atoms with E-state index in [4.69, 9.17) is 16.6 Å². The van der Waals surface area contributed by atoms with Crippen LogP contribution in [-0.4, -0.2) is 15.3 Å². The Morgan fingerprint density at radius 1 is 1.04 bits per heavy atom. The van der Waals surface area contributed by atoms with Crippen LogP contribution in [0.2, 0.25) is 5.02 Å². The third-order valence-corrected chi connectivity index (χ3v) is 4.76. The summed E-state index contributed by atoms with van der Waals surface area (Å²) in [6.07, 6.45) is 2.83. The lowest BCUT2D eigenvalue weighted by molar-refractivity contribution is 0.102. The van der Waals surface area contributed by atoms with Gasteiger partial charge in [0.15, 0.2) is 0 Å². The largest absolute Gasteiger partial charge is 0.306 e. The fraction of sp³-hybridized carbons (Fsp3) is 0.0909. The minimum atomic E-state index is -0.168.